The van der Waals surface area contributed by atoms with E-state index >= 15 is 0 Å². The number of nitrogens with one attached hydrogen (secondary N) is 2. The van der Waals surface area contributed by atoms with Gasteiger partial charge in [-0.2, -0.15) is 0 Å². The smallest absolute Gasteiger partial charge is 0.191 e. The van der Waals surface area contributed by atoms with E-state index in [9.17, 15) is 12.6 Å². The minimum atomic E-state index is -3.33. The highest BCUT2D eigenvalue weighted by atomic mass is 32.2. The van der Waals surface area contributed by atoms with E-state index in [2.05, 4.69) is 15.6 Å². The number of nitrogens with zero attached hydrogens (tertiary/aromatic N) is 1. The first kappa shape index (κ1) is 21.9. The summed E-state index contributed by atoms with van der Waals surface area (Å²) in [5.41, 5.74) is 0. The fraction of sp³-hybridized carbons (Fsp3) is 0.632. The van der Waals surface area contributed by atoms with Crippen molar-refractivity contribution in [2.45, 2.75) is 55.7 Å². The Balaban J connectivity index is 1.95. The number of guanidine groups is 1. The van der Waals surface area contributed by atoms with Crippen molar-refractivity contribution in [1.29, 1.82) is 0 Å². The van der Waals surface area contributed by atoms with E-state index in [-0.39, 0.29) is 23.6 Å². The van der Waals surface area contributed by atoms with E-state index < -0.39 is 20.6 Å². The summed E-state index contributed by atoms with van der Waals surface area (Å²) in [6.07, 6.45) is 3.95. The zero-order valence-electron chi connectivity index (χ0n) is 16.2. The number of benzene rings is 1. The molecule has 27 heavy (non-hydrogen) atoms. The van der Waals surface area contributed by atoms with Crippen LogP contribution in [0.25, 0.3) is 0 Å². The predicted molar refractivity (Wildman–Crippen MR) is 112 cm³/mol. The molecule has 1 aromatic rings. The van der Waals surface area contributed by atoms with Crippen LogP contribution in [0.15, 0.2) is 40.2 Å². The molecule has 0 saturated heterocycles. The molecule has 1 fully saturated rings. The van der Waals surface area contributed by atoms with Gasteiger partial charge in [-0.05, 0) is 38.3 Å². The fourth-order valence-corrected chi connectivity index (χ4v) is 5.77. The molecule has 2 rings (SSSR count). The third-order valence-electron chi connectivity index (χ3n) is 4.70. The Morgan fingerprint density at radius 2 is 1.96 bits per heavy atom. The van der Waals surface area contributed by atoms with E-state index in [0.29, 0.717) is 23.2 Å². The summed E-state index contributed by atoms with van der Waals surface area (Å²) in [6, 6.07) is 8.69. The molecule has 0 amide bonds. The summed E-state index contributed by atoms with van der Waals surface area (Å²) in [5.74, 6) is 1.30. The average Bonchev–Trinajstić information content (AvgIpc) is 2.68. The maximum atomic E-state index is 12.4. The van der Waals surface area contributed by atoms with E-state index in [4.69, 9.17) is 0 Å². The lowest BCUT2D eigenvalue weighted by atomic mass is 9.95. The van der Waals surface area contributed by atoms with Gasteiger partial charge < -0.3 is 10.6 Å². The molecule has 152 valence electrons. The first-order chi connectivity index (χ1) is 13.0. The molecule has 2 N–H and O–H groups in total. The van der Waals surface area contributed by atoms with Gasteiger partial charge in [0.25, 0.3) is 0 Å². The maximum Gasteiger partial charge on any atom is 0.191 e. The van der Waals surface area contributed by atoms with Crippen LogP contribution in [0.3, 0.4) is 0 Å². The van der Waals surface area contributed by atoms with E-state index in [1.165, 1.54) is 0 Å². The molecule has 0 spiro atoms. The molecule has 0 aliphatic heterocycles. The molecule has 1 aliphatic rings. The summed E-state index contributed by atoms with van der Waals surface area (Å²) in [6.45, 7) is 4.84. The van der Waals surface area contributed by atoms with E-state index in [1.54, 1.807) is 30.3 Å². The standard InChI is InChI=1S/C19H31N3O3S2/c1-3-20-19(22-16-9-8-10-17(15-16)26(23)4-2)21-13-14-27(24,25)18-11-6-5-7-12-18/h5-7,11-12,16-17H,3-4,8-10,13-15H2,1-2H3,(H2,20,21,22). The Morgan fingerprint density at radius 3 is 2.63 bits per heavy atom. The molecule has 3 atom stereocenters. The molecular formula is C19H31N3O3S2. The maximum absolute atomic E-state index is 12.4. The summed E-state index contributed by atoms with van der Waals surface area (Å²) in [4.78, 5) is 4.78. The van der Waals surface area contributed by atoms with Crippen LogP contribution in [0.1, 0.15) is 39.5 Å². The molecule has 0 aromatic heterocycles. The van der Waals surface area contributed by atoms with Crippen molar-refractivity contribution in [1.82, 2.24) is 10.6 Å². The Morgan fingerprint density at radius 1 is 1.22 bits per heavy atom. The van der Waals surface area contributed by atoms with Gasteiger partial charge in [-0.15, -0.1) is 0 Å². The van der Waals surface area contributed by atoms with Crippen molar-refractivity contribution in [3.63, 3.8) is 0 Å². The second kappa shape index (κ2) is 10.8. The molecule has 1 saturated carbocycles. The molecular weight excluding hydrogens is 382 g/mol. The van der Waals surface area contributed by atoms with Crippen molar-refractivity contribution in [2.75, 3.05) is 24.6 Å². The average molecular weight is 414 g/mol. The highest BCUT2D eigenvalue weighted by Crippen LogP contribution is 2.23. The van der Waals surface area contributed by atoms with Crippen molar-refractivity contribution < 1.29 is 12.6 Å². The van der Waals surface area contributed by atoms with Gasteiger partial charge in [0.2, 0.25) is 0 Å². The number of hydrogen-bond acceptors (Lipinski definition) is 4. The Hall–Kier alpha value is -1.41. The number of aliphatic imine (C=N–C) groups is 1. The monoisotopic (exact) mass is 413 g/mol. The van der Waals surface area contributed by atoms with Gasteiger partial charge in [0.05, 0.1) is 17.2 Å². The quantitative estimate of drug-likeness (QED) is 0.503. The van der Waals surface area contributed by atoms with Crippen LogP contribution in [-0.2, 0) is 20.6 Å². The lowest BCUT2D eigenvalue weighted by Crippen LogP contribution is -2.46. The lowest BCUT2D eigenvalue weighted by molar-refractivity contribution is 0.413. The van der Waals surface area contributed by atoms with Crippen LogP contribution in [0.4, 0.5) is 0 Å². The van der Waals surface area contributed by atoms with Gasteiger partial charge in [0.1, 0.15) is 0 Å². The predicted octanol–water partition coefficient (Wildman–Crippen LogP) is 2.10. The van der Waals surface area contributed by atoms with Gasteiger partial charge in [0, 0.05) is 34.4 Å². The summed E-state index contributed by atoms with van der Waals surface area (Å²) >= 11 is 0. The van der Waals surface area contributed by atoms with Gasteiger partial charge in [-0.25, -0.2) is 8.42 Å². The zero-order chi connectivity index (χ0) is 19.7. The number of sulfone groups is 1. The van der Waals surface area contributed by atoms with Crippen LogP contribution >= 0.6 is 0 Å². The highest BCUT2D eigenvalue weighted by Gasteiger charge is 2.26. The second-order valence-electron chi connectivity index (χ2n) is 6.69. The highest BCUT2D eigenvalue weighted by molar-refractivity contribution is 7.91. The third kappa shape index (κ3) is 6.92. The van der Waals surface area contributed by atoms with Crippen LogP contribution in [0, 0.1) is 0 Å². The van der Waals surface area contributed by atoms with Crippen molar-refractivity contribution >= 4 is 26.6 Å². The molecule has 3 unspecified atom stereocenters. The molecule has 8 heteroatoms. The molecule has 1 aliphatic carbocycles. The van der Waals surface area contributed by atoms with E-state index in [1.807, 2.05) is 13.8 Å². The van der Waals surface area contributed by atoms with Gasteiger partial charge in [-0.1, -0.05) is 31.5 Å². The van der Waals surface area contributed by atoms with Crippen molar-refractivity contribution in [3.05, 3.63) is 30.3 Å². The van der Waals surface area contributed by atoms with Crippen LogP contribution in [-0.4, -0.2) is 54.5 Å². The zero-order valence-corrected chi connectivity index (χ0v) is 17.8. The first-order valence-corrected chi connectivity index (χ1v) is 12.7. The number of rotatable bonds is 8. The first-order valence-electron chi connectivity index (χ1n) is 9.66. The van der Waals surface area contributed by atoms with Crippen LogP contribution < -0.4 is 10.6 Å². The van der Waals surface area contributed by atoms with E-state index in [0.717, 1.165) is 25.7 Å². The molecule has 0 bridgehead atoms. The minimum absolute atomic E-state index is 0.0271. The molecule has 1 aromatic carbocycles. The SMILES string of the molecule is CCNC(=NCCS(=O)(=O)c1ccccc1)NC1CCCC(S(=O)CC)C1. The molecule has 0 heterocycles. The molecule has 0 radical (unpaired) electrons. The van der Waals surface area contributed by atoms with Crippen LogP contribution in [0.5, 0.6) is 0 Å². The third-order valence-corrected chi connectivity index (χ3v) is 8.15. The van der Waals surface area contributed by atoms with Crippen molar-refractivity contribution in [2.24, 2.45) is 4.99 Å². The second-order valence-corrected chi connectivity index (χ2v) is 10.8. The Bertz CT molecular complexity index is 736. The topological polar surface area (TPSA) is 87.6 Å². The Kier molecular flexibility index (Phi) is 8.76. The Labute approximate surface area is 165 Å². The lowest BCUT2D eigenvalue weighted by Gasteiger charge is -2.30. The summed E-state index contributed by atoms with van der Waals surface area (Å²) < 4.78 is 36.8. The largest absolute Gasteiger partial charge is 0.357 e. The van der Waals surface area contributed by atoms with Crippen molar-refractivity contribution in [3.8, 4) is 0 Å². The van der Waals surface area contributed by atoms with Gasteiger partial charge >= 0.3 is 0 Å². The van der Waals surface area contributed by atoms with Gasteiger partial charge in [-0.3, -0.25) is 9.20 Å². The normalized spacial score (nSPS) is 22.2. The molecule has 6 nitrogen and oxygen atoms in total. The van der Waals surface area contributed by atoms with Crippen LogP contribution in [0.2, 0.25) is 0 Å². The van der Waals surface area contributed by atoms with Gasteiger partial charge in [0.15, 0.2) is 15.8 Å². The minimum Gasteiger partial charge on any atom is -0.357 e. The summed E-state index contributed by atoms with van der Waals surface area (Å²) in [5, 5.41) is 6.82. The summed E-state index contributed by atoms with van der Waals surface area (Å²) in [7, 11) is -4.10. The fourth-order valence-electron chi connectivity index (χ4n) is 3.29. The number of hydrogen-bond donors (Lipinski definition) is 2.